The highest BCUT2D eigenvalue weighted by Gasteiger charge is 2.24. The number of aliphatic hydroxyl groups excluding tert-OH is 1. The Kier molecular flexibility index (Phi) is 5.81. The van der Waals surface area contributed by atoms with Crippen LogP contribution in [0.25, 0.3) is 0 Å². The van der Waals surface area contributed by atoms with E-state index in [1.165, 1.54) is 0 Å². The smallest absolute Gasteiger partial charge is 0.138 e. The predicted octanol–water partition coefficient (Wildman–Crippen LogP) is 0.187. The Morgan fingerprint density at radius 3 is 2.89 bits per heavy atom. The van der Waals surface area contributed by atoms with E-state index in [1.54, 1.807) is 12.1 Å². The van der Waals surface area contributed by atoms with Gasteiger partial charge in [-0.25, -0.2) is 0 Å². The van der Waals surface area contributed by atoms with Gasteiger partial charge in [0.15, 0.2) is 0 Å². The van der Waals surface area contributed by atoms with Crippen LogP contribution in [0.5, 0.6) is 5.75 Å². The first kappa shape index (κ1) is 15.2. The molecule has 2 rings (SSSR count). The summed E-state index contributed by atoms with van der Waals surface area (Å²) in [5.41, 5.74) is 1.55. The monoisotopic (exact) mass is 273 g/mol. The van der Waals surface area contributed by atoms with Crippen LogP contribution < -0.4 is 10.6 Å². The third-order valence-corrected chi connectivity index (χ3v) is 3.09. The minimum atomic E-state index is -0.276. The molecule has 6 heteroatoms. The van der Waals surface area contributed by atoms with Crippen molar-refractivity contribution in [2.75, 3.05) is 19.6 Å². The van der Waals surface area contributed by atoms with Gasteiger partial charge in [-0.1, -0.05) is 0 Å². The summed E-state index contributed by atoms with van der Waals surface area (Å²) in [4.78, 5) is 4.27. The lowest BCUT2D eigenvalue weighted by Gasteiger charge is -2.14. The molecule has 5 nitrogen and oxygen atoms in total. The van der Waals surface area contributed by atoms with Crippen molar-refractivity contribution in [1.82, 2.24) is 15.6 Å². The fourth-order valence-electron chi connectivity index (χ4n) is 2.04. The molecule has 1 aliphatic rings. The van der Waals surface area contributed by atoms with Crippen molar-refractivity contribution in [3.05, 3.63) is 23.5 Å². The van der Waals surface area contributed by atoms with Crippen LogP contribution >= 0.6 is 12.4 Å². The normalized spacial score (nSPS) is 22.8. The van der Waals surface area contributed by atoms with E-state index in [0.717, 1.165) is 18.8 Å². The maximum Gasteiger partial charge on any atom is 0.138 e. The molecule has 4 N–H and O–H groups in total. The number of aliphatic hydroxyl groups is 1. The van der Waals surface area contributed by atoms with Gasteiger partial charge in [-0.2, -0.15) is 0 Å². The van der Waals surface area contributed by atoms with E-state index in [0.29, 0.717) is 18.8 Å². The van der Waals surface area contributed by atoms with Crippen molar-refractivity contribution >= 4 is 12.4 Å². The first-order chi connectivity index (χ1) is 8.16. The highest BCUT2D eigenvalue weighted by molar-refractivity contribution is 5.85. The second-order valence-electron chi connectivity index (χ2n) is 4.54. The van der Waals surface area contributed by atoms with E-state index in [2.05, 4.69) is 15.6 Å². The second kappa shape index (κ2) is 6.89. The number of nitrogens with zero attached hydrogens (tertiary/aromatic N) is 1. The quantitative estimate of drug-likeness (QED) is 0.630. The molecule has 2 unspecified atom stereocenters. The van der Waals surface area contributed by atoms with E-state index in [4.69, 9.17) is 0 Å². The van der Waals surface area contributed by atoms with Crippen LogP contribution in [-0.4, -0.2) is 40.9 Å². The van der Waals surface area contributed by atoms with E-state index in [1.807, 2.05) is 6.92 Å². The zero-order valence-corrected chi connectivity index (χ0v) is 11.2. The molecule has 0 amide bonds. The Hall–Kier alpha value is -0.880. The van der Waals surface area contributed by atoms with Gasteiger partial charge in [-0.3, -0.25) is 4.98 Å². The molecule has 18 heavy (non-hydrogen) atoms. The van der Waals surface area contributed by atoms with Crippen LogP contribution in [0.15, 0.2) is 12.1 Å². The van der Waals surface area contributed by atoms with Gasteiger partial charge in [0.2, 0.25) is 0 Å². The molecule has 1 aromatic heterocycles. The molecule has 0 bridgehead atoms. The molecule has 0 saturated carbocycles. The highest BCUT2D eigenvalue weighted by atomic mass is 35.5. The average molecular weight is 274 g/mol. The Morgan fingerprint density at radius 2 is 2.22 bits per heavy atom. The maximum atomic E-state index is 9.62. The van der Waals surface area contributed by atoms with Gasteiger partial charge in [0.1, 0.15) is 5.75 Å². The lowest BCUT2D eigenvalue weighted by Crippen LogP contribution is -2.30. The number of aromatic hydroxyl groups is 1. The third kappa shape index (κ3) is 3.81. The summed E-state index contributed by atoms with van der Waals surface area (Å²) in [6.45, 7) is 4.65. The zero-order chi connectivity index (χ0) is 12.3. The molecule has 2 atom stereocenters. The molecule has 0 radical (unpaired) electrons. The van der Waals surface area contributed by atoms with Gasteiger partial charge < -0.3 is 20.8 Å². The third-order valence-electron chi connectivity index (χ3n) is 3.09. The van der Waals surface area contributed by atoms with E-state index >= 15 is 0 Å². The average Bonchev–Trinajstić information content (AvgIpc) is 2.70. The summed E-state index contributed by atoms with van der Waals surface area (Å²) in [6.07, 6.45) is -0.276. The molecular formula is C12H20ClN3O2. The number of pyridine rings is 1. The van der Waals surface area contributed by atoms with Gasteiger partial charge in [0.25, 0.3) is 0 Å². The number of β-amino-alcohol motifs (C(OH)–C–C–N with tert-alkyl or cyclic N) is 1. The van der Waals surface area contributed by atoms with Crippen LogP contribution in [0, 0.1) is 12.8 Å². The molecule has 0 aromatic carbocycles. The number of aryl methyl sites for hydroxylation is 1. The van der Waals surface area contributed by atoms with Crippen LogP contribution in [0.1, 0.15) is 11.4 Å². The van der Waals surface area contributed by atoms with Crippen molar-refractivity contribution in [2.24, 2.45) is 5.92 Å². The fourth-order valence-corrected chi connectivity index (χ4v) is 2.04. The summed E-state index contributed by atoms with van der Waals surface area (Å²) < 4.78 is 0. The Morgan fingerprint density at radius 1 is 1.44 bits per heavy atom. The largest absolute Gasteiger partial charge is 0.506 e. The molecule has 2 heterocycles. The van der Waals surface area contributed by atoms with Gasteiger partial charge in [-0.15, -0.1) is 12.4 Å². The van der Waals surface area contributed by atoms with Crippen LogP contribution in [0.2, 0.25) is 0 Å². The minimum Gasteiger partial charge on any atom is -0.506 e. The van der Waals surface area contributed by atoms with Gasteiger partial charge >= 0.3 is 0 Å². The summed E-state index contributed by atoms with van der Waals surface area (Å²) in [7, 11) is 0. The number of rotatable bonds is 4. The minimum absolute atomic E-state index is 0. The molecular weight excluding hydrogens is 254 g/mol. The summed E-state index contributed by atoms with van der Waals surface area (Å²) in [5.74, 6) is 0.454. The molecule has 102 valence electrons. The number of nitrogens with one attached hydrogen (secondary N) is 2. The van der Waals surface area contributed by atoms with Crippen LogP contribution in [-0.2, 0) is 6.54 Å². The topological polar surface area (TPSA) is 77.4 Å². The summed E-state index contributed by atoms with van der Waals surface area (Å²) >= 11 is 0. The predicted molar refractivity (Wildman–Crippen MR) is 72.0 cm³/mol. The highest BCUT2D eigenvalue weighted by Crippen LogP contribution is 2.14. The lowest BCUT2D eigenvalue weighted by atomic mass is 10.1. The van der Waals surface area contributed by atoms with E-state index < -0.39 is 0 Å². The molecule has 1 saturated heterocycles. The lowest BCUT2D eigenvalue weighted by molar-refractivity contribution is 0.146. The van der Waals surface area contributed by atoms with E-state index in [-0.39, 0.29) is 30.2 Å². The first-order valence-corrected chi connectivity index (χ1v) is 5.92. The maximum absolute atomic E-state index is 9.62. The Bertz CT molecular complexity index is 390. The van der Waals surface area contributed by atoms with Gasteiger partial charge in [-0.05, 0) is 19.1 Å². The standard InChI is InChI=1S/C12H19N3O2.ClH/c1-8-2-3-11(16)10(15-8)6-13-4-9-5-14-7-12(9)17;/h2-3,9,12-14,16-17H,4-7H2,1H3;1H. The van der Waals surface area contributed by atoms with E-state index in [9.17, 15) is 10.2 Å². The molecule has 1 fully saturated rings. The molecule has 0 spiro atoms. The number of halogens is 1. The SMILES string of the molecule is Cc1ccc(O)c(CNCC2CNCC2O)n1.Cl. The zero-order valence-electron chi connectivity index (χ0n) is 10.4. The van der Waals surface area contributed by atoms with Crippen molar-refractivity contribution in [1.29, 1.82) is 0 Å². The molecule has 0 aliphatic carbocycles. The summed E-state index contributed by atoms with van der Waals surface area (Å²) in [5, 5.41) is 25.6. The van der Waals surface area contributed by atoms with Crippen molar-refractivity contribution in [3.8, 4) is 5.75 Å². The van der Waals surface area contributed by atoms with Gasteiger partial charge in [0, 0.05) is 37.8 Å². The van der Waals surface area contributed by atoms with Gasteiger partial charge in [0.05, 0.1) is 11.8 Å². The second-order valence-corrected chi connectivity index (χ2v) is 4.54. The molecule has 1 aromatic rings. The number of hydrogen-bond acceptors (Lipinski definition) is 5. The summed E-state index contributed by atoms with van der Waals surface area (Å²) in [6, 6.07) is 3.44. The van der Waals surface area contributed by atoms with Crippen molar-refractivity contribution in [3.63, 3.8) is 0 Å². The number of hydrogen-bond donors (Lipinski definition) is 4. The molecule has 1 aliphatic heterocycles. The van der Waals surface area contributed by atoms with Crippen LogP contribution in [0.4, 0.5) is 0 Å². The van der Waals surface area contributed by atoms with Crippen molar-refractivity contribution < 1.29 is 10.2 Å². The van der Waals surface area contributed by atoms with Crippen LogP contribution in [0.3, 0.4) is 0 Å². The first-order valence-electron chi connectivity index (χ1n) is 5.92. The Balaban J connectivity index is 0.00000162. The Labute approximate surface area is 113 Å². The fraction of sp³-hybridized carbons (Fsp3) is 0.583. The number of aromatic nitrogens is 1. The van der Waals surface area contributed by atoms with Crippen molar-refractivity contribution in [2.45, 2.75) is 19.6 Å².